The third-order valence-electron chi connectivity index (χ3n) is 4.03. The largest absolute Gasteiger partial charge is 0.491 e. The lowest BCUT2D eigenvalue weighted by Crippen LogP contribution is -2.49. The summed E-state index contributed by atoms with van der Waals surface area (Å²) < 4.78 is 5.81. The molecule has 4 nitrogen and oxygen atoms in total. The Hall–Kier alpha value is -2.04. The maximum atomic E-state index is 12.4. The first kappa shape index (κ1) is 21.0. The Morgan fingerprint density at radius 2 is 1.72 bits per heavy atom. The summed E-state index contributed by atoms with van der Waals surface area (Å²) in [5, 5.41) is 2.85. The van der Waals surface area contributed by atoms with E-state index < -0.39 is 5.54 Å². The summed E-state index contributed by atoms with van der Waals surface area (Å²) in [5.41, 5.74) is 7.08. The van der Waals surface area contributed by atoms with Gasteiger partial charge in [0.05, 0.1) is 6.54 Å². The standard InChI is InChI=1S/C20H26N2O2.ClH/c1-15(2)17-11-7-8-12-18(17)24-14-13-22-19(23)20(3,21)16-9-5-4-6-10-16;/h4-12,15H,13-14,21H2,1-3H3,(H,22,23);1H. The highest BCUT2D eigenvalue weighted by Crippen LogP contribution is 2.25. The zero-order valence-electron chi connectivity index (χ0n) is 15.0. The number of amides is 1. The first-order chi connectivity index (χ1) is 11.4. The number of hydrogen-bond donors (Lipinski definition) is 2. The van der Waals surface area contributed by atoms with Crippen LogP contribution in [0.2, 0.25) is 0 Å². The van der Waals surface area contributed by atoms with E-state index in [1.165, 1.54) is 0 Å². The van der Waals surface area contributed by atoms with Crippen LogP contribution in [0.4, 0.5) is 0 Å². The molecule has 0 radical (unpaired) electrons. The summed E-state index contributed by atoms with van der Waals surface area (Å²) in [5.74, 6) is 1.04. The summed E-state index contributed by atoms with van der Waals surface area (Å²) in [6.45, 7) is 6.78. The van der Waals surface area contributed by atoms with Crippen LogP contribution in [-0.2, 0) is 10.3 Å². The number of carbonyl (C=O) groups excluding carboxylic acids is 1. The molecule has 0 aliphatic carbocycles. The van der Waals surface area contributed by atoms with E-state index in [2.05, 4.69) is 25.2 Å². The van der Waals surface area contributed by atoms with Gasteiger partial charge in [0, 0.05) is 0 Å². The molecule has 25 heavy (non-hydrogen) atoms. The molecule has 0 saturated heterocycles. The number of halogens is 1. The van der Waals surface area contributed by atoms with Crippen molar-refractivity contribution in [3.05, 3.63) is 65.7 Å². The molecule has 5 heteroatoms. The van der Waals surface area contributed by atoms with Crippen LogP contribution in [-0.4, -0.2) is 19.1 Å². The molecule has 0 aliphatic rings. The summed E-state index contributed by atoms with van der Waals surface area (Å²) in [6, 6.07) is 17.3. The zero-order valence-corrected chi connectivity index (χ0v) is 15.8. The van der Waals surface area contributed by atoms with E-state index in [1.54, 1.807) is 6.92 Å². The zero-order chi connectivity index (χ0) is 17.6. The average molecular weight is 363 g/mol. The highest BCUT2D eigenvalue weighted by Gasteiger charge is 2.29. The van der Waals surface area contributed by atoms with Gasteiger partial charge in [0.15, 0.2) is 0 Å². The maximum Gasteiger partial charge on any atom is 0.244 e. The van der Waals surface area contributed by atoms with Crippen LogP contribution >= 0.6 is 12.4 Å². The van der Waals surface area contributed by atoms with E-state index in [0.29, 0.717) is 19.1 Å². The molecular formula is C20H27ClN2O2. The van der Waals surface area contributed by atoms with Crippen LogP contribution in [0.3, 0.4) is 0 Å². The van der Waals surface area contributed by atoms with Gasteiger partial charge in [0.2, 0.25) is 5.91 Å². The molecule has 0 spiro atoms. The second-order valence-corrected chi connectivity index (χ2v) is 6.37. The van der Waals surface area contributed by atoms with Gasteiger partial charge in [0.1, 0.15) is 17.9 Å². The number of carbonyl (C=O) groups is 1. The number of para-hydroxylation sites is 1. The highest BCUT2D eigenvalue weighted by molar-refractivity contribution is 5.87. The van der Waals surface area contributed by atoms with Crippen molar-refractivity contribution in [3.8, 4) is 5.75 Å². The first-order valence-corrected chi connectivity index (χ1v) is 8.27. The molecule has 136 valence electrons. The minimum Gasteiger partial charge on any atom is -0.491 e. The summed E-state index contributed by atoms with van der Waals surface area (Å²) in [6.07, 6.45) is 0. The van der Waals surface area contributed by atoms with Gasteiger partial charge >= 0.3 is 0 Å². The van der Waals surface area contributed by atoms with Crippen LogP contribution in [0.5, 0.6) is 5.75 Å². The predicted octanol–water partition coefficient (Wildman–Crippen LogP) is 3.60. The van der Waals surface area contributed by atoms with Crippen molar-refractivity contribution < 1.29 is 9.53 Å². The Morgan fingerprint density at radius 1 is 1.12 bits per heavy atom. The van der Waals surface area contributed by atoms with E-state index >= 15 is 0 Å². The van der Waals surface area contributed by atoms with Crippen LogP contribution in [0.1, 0.15) is 37.8 Å². The van der Waals surface area contributed by atoms with E-state index in [9.17, 15) is 4.79 Å². The van der Waals surface area contributed by atoms with Gasteiger partial charge in [-0.15, -0.1) is 12.4 Å². The maximum absolute atomic E-state index is 12.4. The smallest absolute Gasteiger partial charge is 0.244 e. The molecule has 0 aliphatic heterocycles. The Balaban J connectivity index is 0.00000312. The van der Waals surface area contributed by atoms with Gasteiger partial charge in [-0.05, 0) is 30.0 Å². The van der Waals surface area contributed by atoms with E-state index in [0.717, 1.165) is 16.9 Å². The molecule has 0 saturated carbocycles. The lowest BCUT2D eigenvalue weighted by Gasteiger charge is -2.24. The van der Waals surface area contributed by atoms with Gasteiger partial charge < -0.3 is 15.8 Å². The van der Waals surface area contributed by atoms with Gasteiger partial charge in [0.25, 0.3) is 0 Å². The van der Waals surface area contributed by atoms with Crippen molar-refractivity contribution in [1.82, 2.24) is 5.32 Å². The Kier molecular flexibility index (Phi) is 7.94. The molecule has 0 bridgehead atoms. The van der Waals surface area contributed by atoms with Crippen molar-refractivity contribution in [2.24, 2.45) is 5.73 Å². The van der Waals surface area contributed by atoms with Crippen molar-refractivity contribution in [3.63, 3.8) is 0 Å². The summed E-state index contributed by atoms with van der Waals surface area (Å²) >= 11 is 0. The number of nitrogens with two attached hydrogens (primary N) is 1. The molecule has 2 rings (SSSR count). The number of rotatable bonds is 7. The molecule has 2 aromatic carbocycles. The van der Waals surface area contributed by atoms with Crippen LogP contribution < -0.4 is 15.8 Å². The number of benzene rings is 2. The monoisotopic (exact) mass is 362 g/mol. The molecule has 1 unspecified atom stereocenters. The highest BCUT2D eigenvalue weighted by atomic mass is 35.5. The molecule has 0 heterocycles. The Labute approximate surface area is 156 Å². The third kappa shape index (κ3) is 5.48. The van der Waals surface area contributed by atoms with Crippen molar-refractivity contribution >= 4 is 18.3 Å². The molecule has 3 N–H and O–H groups in total. The van der Waals surface area contributed by atoms with Crippen molar-refractivity contribution in [1.29, 1.82) is 0 Å². The van der Waals surface area contributed by atoms with Crippen molar-refractivity contribution in [2.45, 2.75) is 32.2 Å². The van der Waals surface area contributed by atoms with Gasteiger partial charge in [-0.2, -0.15) is 0 Å². The fourth-order valence-corrected chi connectivity index (χ4v) is 2.51. The molecule has 1 amide bonds. The van der Waals surface area contributed by atoms with Crippen molar-refractivity contribution in [2.75, 3.05) is 13.2 Å². The molecule has 0 aromatic heterocycles. The SMILES string of the molecule is CC(C)c1ccccc1OCCNC(=O)C(C)(N)c1ccccc1.Cl. The van der Waals surface area contributed by atoms with Gasteiger partial charge in [-0.25, -0.2) is 0 Å². The number of ether oxygens (including phenoxy) is 1. The Bertz CT molecular complexity index is 672. The van der Waals surface area contributed by atoms with Gasteiger partial charge in [-0.3, -0.25) is 4.79 Å². The van der Waals surface area contributed by atoms with E-state index in [1.807, 2.05) is 48.5 Å². The second-order valence-electron chi connectivity index (χ2n) is 6.37. The second kappa shape index (κ2) is 9.44. The topological polar surface area (TPSA) is 64.3 Å². The van der Waals surface area contributed by atoms with Crippen LogP contribution in [0.15, 0.2) is 54.6 Å². The van der Waals surface area contributed by atoms with Crippen LogP contribution in [0.25, 0.3) is 0 Å². The molecular weight excluding hydrogens is 336 g/mol. The summed E-state index contributed by atoms with van der Waals surface area (Å²) in [7, 11) is 0. The number of hydrogen-bond acceptors (Lipinski definition) is 3. The lowest BCUT2D eigenvalue weighted by atomic mass is 9.92. The number of nitrogens with one attached hydrogen (secondary N) is 1. The minimum absolute atomic E-state index is 0. The molecule has 1 atom stereocenters. The molecule has 2 aromatic rings. The average Bonchev–Trinajstić information content (AvgIpc) is 2.59. The minimum atomic E-state index is -1.06. The lowest BCUT2D eigenvalue weighted by molar-refractivity contribution is -0.126. The van der Waals surface area contributed by atoms with E-state index in [4.69, 9.17) is 10.5 Å². The van der Waals surface area contributed by atoms with Crippen LogP contribution in [0, 0.1) is 0 Å². The predicted molar refractivity (Wildman–Crippen MR) is 104 cm³/mol. The quantitative estimate of drug-likeness (QED) is 0.739. The Morgan fingerprint density at radius 3 is 2.36 bits per heavy atom. The normalized spacial score (nSPS) is 12.8. The van der Waals surface area contributed by atoms with Gasteiger partial charge in [-0.1, -0.05) is 62.4 Å². The fraction of sp³-hybridized carbons (Fsp3) is 0.350. The summed E-state index contributed by atoms with van der Waals surface area (Å²) in [4.78, 5) is 12.4. The fourth-order valence-electron chi connectivity index (χ4n) is 2.51. The third-order valence-corrected chi connectivity index (χ3v) is 4.03. The van der Waals surface area contributed by atoms with E-state index in [-0.39, 0.29) is 18.3 Å². The first-order valence-electron chi connectivity index (χ1n) is 8.27. The molecule has 0 fully saturated rings.